The van der Waals surface area contributed by atoms with E-state index >= 15 is 0 Å². The highest BCUT2D eigenvalue weighted by Crippen LogP contribution is 2.29. The Bertz CT molecular complexity index is 945. The van der Waals surface area contributed by atoms with Gasteiger partial charge in [-0.15, -0.1) is 0 Å². The molecule has 6 heteroatoms. The van der Waals surface area contributed by atoms with Crippen LogP contribution < -0.4 is 24.8 Å². The van der Waals surface area contributed by atoms with Gasteiger partial charge < -0.3 is 24.8 Å². The highest BCUT2D eigenvalue weighted by molar-refractivity contribution is 5.93. The molecule has 0 atom stereocenters. The van der Waals surface area contributed by atoms with Crippen molar-refractivity contribution in [2.75, 3.05) is 26.1 Å². The number of methoxy groups -OCH3 is 2. The first-order valence-electron chi connectivity index (χ1n) is 9.23. The average molecular weight is 392 g/mol. The zero-order chi connectivity index (χ0) is 20.5. The van der Waals surface area contributed by atoms with E-state index in [4.69, 9.17) is 14.2 Å². The van der Waals surface area contributed by atoms with E-state index in [0.29, 0.717) is 35.2 Å². The first-order chi connectivity index (χ1) is 14.2. The number of benzene rings is 3. The summed E-state index contributed by atoms with van der Waals surface area (Å²) in [5, 5.41) is 6.02. The molecule has 29 heavy (non-hydrogen) atoms. The van der Waals surface area contributed by atoms with Crippen LogP contribution in [0.1, 0.15) is 5.56 Å². The Morgan fingerprint density at radius 2 is 1.55 bits per heavy atom. The molecule has 0 fully saturated rings. The number of hydrogen-bond donors (Lipinski definition) is 2. The van der Waals surface area contributed by atoms with Gasteiger partial charge in [-0.2, -0.15) is 0 Å². The molecular formula is C23H24N2O4. The number of amides is 1. The van der Waals surface area contributed by atoms with Gasteiger partial charge in [0.05, 0.1) is 26.5 Å². The number of anilines is 1. The van der Waals surface area contributed by atoms with Gasteiger partial charge in [-0.05, 0) is 42.0 Å². The summed E-state index contributed by atoms with van der Waals surface area (Å²) >= 11 is 0. The van der Waals surface area contributed by atoms with E-state index in [9.17, 15) is 4.79 Å². The summed E-state index contributed by atoms with van der Waals surface area (Å²) in [5.74, 6) is 2.47. The van der Waals surface area contributed by atoms with E-state index in [-0.39, 0.29) is 12.5 Å². The van der Waals surface area contributed by atoms with Crippen molar-refractivity contribution in [1.82, 2.24) is 5.32 Å². The van der Waals surface area contributed by atoms with Crippen LogP contribution in [0.5, 0.6) is 23.0 Å². The Kier molecular flexibility index (Phi) is 7.08. The van der Waals surface area contributed by atoms with Gasteiger partial charge in [0, 0.05) is 6.54 Å². The number of rotatable bonds is 9. The van der Waals surface area contributed by atoms with Crippen LogP contribution in [0.4, 0.5) is 5.69 Å². The Hall–Kier alpha value is -3.51. The lowest BCUT2D eigenvalue weighted by Crippen LogP contribution is -2.27. The molecule has 3 aromatic carbocycles. The maximum absolute atomic E-state index is 12.4. The molecule has 0 heterocycles. The maximum Gasteiger partial charge on any atom is 0.238 e. The summed E-state index contributed by atoms with van der Waals surface area (Å²) in [5.41, 5.74) is 1.61. The summed E-state index contributed by atoms with van der Waals surface area (Å²) in [6.45, 7) is 0.684. The Morgan fingerprint density at radius 3 is 2.31 bits per heavy atom. The third-order valence-electron chi connectivity index (χ3n) is 4.19. The highest BCUT2D eigenvalue weighted by atomic mass is 16.5. The van der Waals surface area contributed by atoms with Crippen molar-refractivity contribution in [3.8, 4) is 23.0 Å². The molecule has 1 amide bonds. The van der Waals surface area contributed by atoms with Crippen molar-refractivity contribution in [3.05, 3.63) is 78.4 Å². The van der Waals surface area contributed by atoms with Crippen LogP contribution in [-0.2, 0) is 11.3 Å². The van der Waals surface area contributed by atoms with Crippen molar-refractivity contribution in [3.63, 3.8) is 0 Å². The second-order valence-electron chi connectivity index (χ2n) is 6.25. The summed E-state index contributed by atoms with van der Waals surface area (Å²) in [6, 6.07) is 22.4. The van der Waals surface area contributed by atoms with Crippen molar-refractivity contribution in [1.29, 1.82) is 0 Å². The third kappa shape index (κ3) is 5.73. The van der Waals surface area contributed by atoms with Crippen LogP contribution >= 0.6 is 0 Å². The molecule has 6 nitrogen and oxygen atoms in total. The number of nitrogens with one attached hydrogen (secondary N) is 2. The normalized spacial score (nSPS) is 10.3. The molecule has 0 aliphatic heterocycles. The molecule has 0 saturated heterocycles. The molecule has 150 valence electrons. The van der Waals surface area contributed by atoms with Crippen LogP contribution in [-0.4, -0.2) is 26.7 Å². The quantitative estimate of drug-likeness (QED) is 0.571. The molecule has 0 aliphatic carbocycles. The van der Waals surface area contributed by atoms with E-state index in [1.807, 2.05) is 72.8 Å². The van der Waals surface area contributed by atoms with Gasteiger partial charge in [-0.25, -0.2) is 0 Å². The summed E-state index contributed by atoms with van der Waals surface area (Å²) < 4.78 is 16.4. The van der Waals surface area contributed by atoms with E-state index in [2.05, 4.69) is 10.6 Å². The lowest BCUT2D eigenvalue weighted by molar-refractivity contribution is -0.115. The summed E-state index contributed by atoms with van der Waals surface area (Å²) in [4.78, 5) is 12.4. The van der Waals surface area contributed by atoms with Gasteiger partial charge in [-0.1, -0.05) is 36.4 Å². The van der Waals surface area contributed by atoms with Crippen molar-refractivity contribution in [2.24, 2.45) is 0 Å². The minimum atomic E-state index is -0.158. The molecule has 0 aliphatic rings. The average Bonchev–Trinajstić information content (AvgIpc) is 2.75. The van der Waals surface area contributed by atoms with Crippen LogP contribution in [0.2, 0.25) is 0 Å². The number of carbonyl (C=O) groups is 1. The monoisotopic (exact) mass is 392 g/mol. The van der Waals surface area contributed by atoms with Crippen molar-refractivity contribution < 1.29 is 19.0 Å². The molecule has 0 spiro atoms. The van der Waals surface area contributed by atoms with Gasteiger partial charge in [-0.3, -0.25) is 4.79 Å². The number of carbonyl (C=O) groups excluding carboxylic acids is 1. The number of hydrogen-bond acceptors (Lipinski definition) is 5. The minimum absolute atomic E-state index is 0.158. The van der Waals surface area contributed by atoms with E-state index < -0.39 is 0 Å². The molecule has 0 aromatic heterocycles. The fourth-order valence-corrected chi connectivity index (χ4v) is 2.78. The first kappa shape index (κ1) is 20.2. The van der Waals surface area contributed by atoms with E-state index in [1.54, 1.807) is 14.2 Å². The van der Waals surface area contributed by atoms with E-state index in [0.717, 1.165) is 5.56 Å². The Labute approximate surface area is 170 Å². The molecule has 0 radical (unpaired) electrons. The van der Waals surface area contributed by atoms with Gasteiger partial charge in [0.2, 0.25) is 5.91 Å². The van der Waals surface area contributed by atoms with Gasteiger partial charge in [0.1, 0.15) is 5.75 Å². The van der Waals surface area contributed by atoms with Crippen LogP contribution in [0.3, 0.4) is 0 Å². The fraction of sp³-hybridized carbons (Fsp3) is 0.174. The molecular weight excluding hydrogens is 368 g/mol. The van der Waals surface area contributed by atoms with Gasteiger partial charge in [0.15, 0.2) is 17.2 Å². The van der Waals surface area contributed by atoms with Gasteiger partial charge >= 0.3 is 0 Å². The minimum Gasteiger partial charge on any atom is -0.493 e. The SMILES string of the molecule is COc1ccc(CNCC(=O)Nc2ccccc2Oc2ccccc2)cc1OC. The van der Waals surface area contributed by atoms with E-state index in [1.165, 1.54) is 0 Å². The molecule has 0 saturated carbocycles. The second-order valence-corrected chi connectivity index (χ2v) is 6.25. The Morgan fingerprint density at radius 1 is 0.828 bits per heavy atom. The number of para-hydroxylation sites is 3. The standard InChI is InChI=1S/C23H24N2O4/c1-27-21-13-12-17(14-22(21)28-2)15-24-16-23(26)25-19-10-6-7-11-20(19)29-18-8-4-3-5-9-18/h3-14,24H,15-16H2,1-2H3,(H,25,26). The molecule has 0 bridgehead atoms. The predicted octanol–water partition coefficient (Wildman–Crippen LogP) is 4.22. The maximum atomic E-state index is 12.4. The van der Waals surface area contributed by atoms with Crippen LogP contribution in [0, 0.1) is 0 Å². The first-order valence-corrected chi connectivity index (χ1v) is 9.23. The molecule has 2 N–H and O–H groups in total. The molecule has 3 aromatic rings. The summed E-state index contributed by atoms with van der Waals surface area (Å²) in [6.07, 6.45) is 0. The van der Waals surface area contributed by atoms with Crippen molar-refractivity contribution >= 4 is 11.6 Å². The van der Waals surface area contributed by atoms with Crippen LogP contribution in [0.15, 0.2) is 72.8 Å². The zero-order valence-corrected chi connectivity index (χ0v) is 16.5. The van der Waals surface area contributed by atoms with Crippen LogP contribution in [0.25, 0.3) is 0 Å². The topological polar surface area (TPSA) is 68.8 Å². The smallest absolute Gasteiger partial charge is 0.238 e. The second kappa shape index (κ2) is 10.1. The van der Waals surface area contributed by atoms with Crippen molar-refractivity contribution in [2.45, 2.75) is 6.54 Å². The Balaban J connectivity index is 1.55. The highest BCUT2D eigenvalue weighted by Gasteiger charge is 2.09. The molecule has 0 unspecified atom stereocenters. The largest absolute Gasteiger partial charge is 0.493 e. The van der Waals surface area contributed by atoms with Gasteiger partial charge in [0.25, 0.3) is 0 Å². The summed E-state index contributed by atoms with van der Waals surface area (Å²) in [7, 11) is 3.19. The lowest BCUT2D eigenvalue weighted by Gasteiger charge is -2.13. The molecule has 3 rings (SSSR count). The third-order valence-corrected chi connectivity index (χ3v) is 4.19. The fourth-order valence-electron chi connectivity index (χ4n) is 2.78. The zero-order valence-electron chi connectivity index (χ0n) is 16.5. The predicted molar refractivity (Wildman–Crippen MR) is 113 cm³/mol. The number of ether oxygens (including phenoxy) is 3. The lowest BCUT2D eigenvalue weighted by atomic mass is 10.2.